The van der Waals surface area contributed by atoms with Gasteiger partial charge in [0, 0.05) is 12.2 Å². The third-order valence-electron chi connectivity index (χ3n) is 2.85. The number of hydrogen-bond donors (Lipinski definition) is 3. The molecule has 2 aromatic carbocycles. The molecular weight excluding hydrogens is 264 g/mol. The molecule has 0 unspecified atom stereocenters. The van der Waals surface area contributed by atoms with Gasteiger partial charge in [0.15, 0.2) is 0 Å². The fourth-order valence-electron chi connectivity index (χ4n) is 1.87. The Morgan fingerprint density at radius 1 is 1.10 bits per heavy atom. The summed E-state index contributed by atoms with van der Waals surface area (Å²) in [5.41, 5.74) is 2.75. The van der Waals surface area contributed by atoms with E-state index < -0.39 is 0 Å². The second-order valence-corrected chi connectivity index (χ2v) is 4.50. The molecule has 4 nitrogen and oxygen atoms in total. The van der Waals surface area contributed by atoms with Crippen molar-refractivity contribution in [1.29, 1.82) is 0 Å². The van der Waals surface area contributed by atoms with Crippen LogP contribution in [0.1, 0.15) is 11.1 Å². The molecule has 0 aromatic heterocycles. The standard InChI is InChI=1S/C17H18N2O2/c20-11-5-8-14-6-4-7-15(12-14)13-18-17(21)19-16-9-2-1-3-10-16/h1-10,12,20H,11,13H2,(H2,18,19,21)/b8-5+. The second kappa shape index (κ2) is 7.87. The Balaban J connectivity index is 1.88. The summed E-state index contributed by atoms with van der Waals surface area (Å²) >= 11 is 0. The molecule has 2 rings (SSSR count). The Labute approximate surface area is 124 Å². The number of urea groups is 1. The van der Waals surface area contributed by atoms with Gasteiger partial charge in [-0.2, -0.15) is 0 Å². The van der Waals surface area contributed by atoms with Crippen molar-refractivity contribution < 1.29 is 9.90 Å². The van der Waals surface area contributed by atoms with E-state index in [4.69, 9.17) is 5.11 Å². The van der Waals surface area contributed by atoms with Gasteiger partial charge in [-0.1, -0.05) is 48.6 Å². The zero-order valence-corrected chi connectivity index (χ0v) is 11.6. The van der Waals surface area contributed by atoms with Gasteiger partial charge in [0.1, 0.15) is 0 Å². The van der Waals surface area contributed by atoms with Gasteiger partial charge < -0.3 is 15.7 Å². The Morgan fingerprint density at radius 2 is 1.90 bits per heavy atom. The van der Waals surface area contributed by atoms with Crippen LogP contribution in [0.3, 0.4) is 0 Å². The minimum Gasteiger partial charge on any atom is -0.392 e. The van der Waals surface area contributed by atoms with E-state index in [2.05, 4.69) is 10.6 Å². The molecule has 0 spiro atoms. The first-order valence-electron chi connectivity index (χ1n) is 6.74. The molecule has 0 saturated heterocycles. The molecule has 2 amide bonds. The zero-order valence-electron chi connectivity index (χ0n) is 11.6. The lowest BCUT2D eigenvalue weighted by molar-refractivity contribution is 0.251. The van der Waals surface area contributed by atoms with Crippen molar-refractivity contribution in [2.75, 3.05) is 11.9 Å². The van der Waals surface area contributed by atoms with Crippen LogP contribution in [0.4, 0.5) is 10.5 Å². The molecule has 0 atom stereocenters. The maximum Gasteiger partial charge on any atom is 0.319 e. The van der Waals surface area contributed by atoms with Crippen LogP contribution in [0.5, 0.6) is 0 Å². The van der Waals surface area contributed by atoms with Crippen molar-refractivity contribution in [3.63, 3.8) is 0 Å². The van der Waals surface area contributed by atoms with Gasteiger partial charge in [-0.3, -0.25) is 0 Å². The predicted molar refractivity (Wildman–Crippen MR) is 84.9 cm³/mol. The highest BCUT2D eigenvalue weighted by Gasteiger charge is 2.01. The lowest BCUT2D eigenvalue weighted by Gasteiger charge is -2.08. The van der Waals surface area contributed by atoms with E-state index in [1.165, 1.54) is 0 Å². The van der Waals surface area contributed by atoms with Gasteiger partial charge in [0.05, 0.1) is 6.61 Å². The van der Waals surface area contributed by atoms with Crippen molar-refractivity contribution >= 4 is 17.8 Å². The van der Waals surface area contributed by atoms with Gasteiger partial charge in [0.2, 0.25) is 0 Å². The minimum atomic E-state index is -0.238. The molecule has 0 aliphatic carbocycles. The van der Waals surface area contributed by atoms with Crippen LogP contribution >= 0.6 is 0 Å². The largest absolute Gasteiger partial charge is 0.392 e. The quantitative estimate of drug-likeness (QED) is 0.789. The van der Waals surface area contributed by atoms with Crippen LogP contribution in [-0.4, -0.2) is 17.7 Å². The number of carbonyl (C=O) groups excluding carboxylic acids is 1. The SMILES string of the molecule is O=C(NCc1cccc(/C=C/CO)c1)Nc1ccccc1. The molecule has 3 N–H and O–H groups in total. The van der Waals surface area contributed by atoms with Crippen molar-refractivity contribution in [2.45, 2.75) is 6.54 Å². The molecule has 0 saturated carbocycles. The normalized spacial score (nSPS) is 10.5. The molecule has 0 radical (unpaired) electrons. The van der Waals surface area contributed by atoms with E-state index in [9.17, 15) is 4.79 Å². The Bertz CT molecular complexity index is 609. The molecule has 0 aliphatic rings. The Kier molecular flexibility index (Phi) is 5.55. The van der Waals surface area contributed by atoms with Gasteiger partial charge >= 0.3 is 6.03 Å². The van der Waals surface area contributed by atoms with Gasteiger partial charge in [0.25, 0.3) is 0 Å². The van der Waals surface area contributed by atoms with Crippen LogP contribution in [0.25, 0.3) is 6.08 Å². The maximum atomic E-state index is 11.8. The number of nitrogens with one attached hydrogen (secondary N) is 2. The number of amides is 2. The fourth-order valence-corrected chi connectivity index (χ4v) is 1.87. The van der Waals surface area contributed by atoms with Crippen LogP contribution in [0.2, 0.25) is 0 Å². The van der Waals surface area contributed by atoms with E-state index >= 15 is 0 Å². The Hall–Kier alpha value is -2.59. The maximum absolute atomic E-state index is 11.8. The lowest BCUT2D eigenvalue weighted by Crippen LogP contribution is -2.28. The van der Waals surface area contributed by atoms with Crippen LogP contribution in [0, 0.1) is 0 Å². The number of anilines is 1. The first-order chi connectivity index (χ1) is 10.3. The van der Waals surface area contributed by atoms with Crippen molar-refractivity contribution in [3.05, 3.63) is 71.8 Å². The topological polar surface area (TPSA) is 61.4 Å². The zero-order chi connectivity index (χ0) is 14.9. The highest BCUT2D eigenvalue weighted by molar-refractivity contribution is 5.89. The summed E-state index contributed by atoms with van der Waals surface area (Å²) in [6.07, 6.45) is 3.52. The number of para-hydroxylation sites is 1. The summed E-state index contributed by atoms with van der Waals surface area (Å²) in [4.78, 5) is 11.8. The summed E-state index contributed by atoms with van der Waals surface area (Å²) in [6, 6.07) is 16.8. The lowest BCUT2D eigenvalue weighted by atomic mass is 10.1. The van der Waals surface area contributed by atoms with E-state index in [1.807, 2.05) is 60.7 Å². The number of aliphatic hydroxyl groups excluding tert-OH is 1. The van der Waals surface area contributed by atoms with Crippen molar-refractivity contribution in [1.82, 2.24) is 5.32 Å². The average molecular weight is 282 g/mol. The van der Waals surface area contributed by atoms with Gasteiger partial charge in [-0.15, -0.1) is 0 Å². The van der Waals surface area contributed by atoms with Crippen LogP contribution in [-0.2, 0) is 6.54 Å². The monoisotopic (exact) mass is 282 g/mol. The molecule has 0 heterocycles. The highest BCUT2D eigenvalue weighted by atomic mass is 16.2. The smallest absolute Gasteiger partial charge is 0.319 e. The van der Waals surface area contributed by atoms with Crippen LogP contribution in [0.15, 0.2) is 60.7 Å². The molecule has 4 heteroatoms. The number of carbonyl (C=O) groups is 1. The molecule has 2 aromatic rings. The molecule has 0 aliphatic heterocycles. The number of aliphatic hydroxyl groups is 1. The van der Waals surface area contributed by atoms with E-state index in [0.717, 1.165) is 16.8 Å². The second-order valence-electron chi connectivity index (χ2n) is 4.50. The molecule has 21 heavy (non-hydrogen) atoms. The number of rotatable bonds is 5. The summed E-state index contributed by atoms with van der Waals surface area (Å²) < 4.78 is 0. The summed E-state index contributed by atoms with van der Waals surface area (Å²) in [5.74, 6) is 0. The third kappa shape index (κ3) is 5.12. The third-order valence-corrected chi connectivity index (χ3v) is 2.85. The summed E-state index contributed by atoms with van der Waals surface area (Å²) in [5, 5.41) is 14.3. The summed E-state index contributed by atoms with van der Waals surface area (Å²) in [7, 11) is 0. The van der Waals surface area contributed by atoms with E-state index in [-0.39, 0.29) is 12.6 Å². The van der Waals surface area contributed by atoms with Gasteiger partial charge in [-0.05, 0) is 29.3 Å². The molecule has 108 valence electrons. The first-order valence-corrected chi connectivity index (χ1v) is 6.74. The minimum absolute atomic E-state index is 0.0158. The molecular formula is C17H18N2O2. The molecule has 0 bridgehead atoms. The van der Waals surface area contributed by atoms with Crippen molar-refractivity contribution in [2.24, 2.45) is 0 Å². The number of hydrogen-bond acceptors (Lipinski definition) is 2. The summed E-state index contributed by atoms with van der Waals surface area (Å²) in [6.45, 7) is 0.460. The first kappa shape index (κ1) is 14.8. The average Bonchev–Trinajstić information content (AvgIpc) is 2.52. The highest BCUT2D eigenvalue weighted by Crippen LogP contribution is 2.08. The van der Waals surface area contributed by atoms with E-state index in [0.29, 0.717) is 6.54 Å². The van der Waals surface area contributed by atoms with Crippen LogP contribution < -0.4 is 10.6 Å². The number of benzene rings is 2. The predicted octanol–water partition coefficient (Wildman–Crippen LogP) is 3.01. The Morgan fingerprint density at radius 3 is 2.67 bits per heavy atom. The van der Waals surface area contributed by atoms with Gasteiger partial charge in [-0.25, -0.2) is 4.79 Å². The van der Waals surface area contributed by atoms with Crippen molar-refractivity contribution in [3.8, 4) is 0 Å². The van der Waals surface area contributed by atoms with E-state index in [1.54, 1.807) is 6.08 Å². The fraction of sp³-hybridized carbons (Fsp3) is 0.118. The molecule has 0 fully saturated rings.